The standard InChI is InChI=1S/C12H14ClFN4/c1-8-3-5-17(7-10(8)14)11-2-4-15-12-9(13)6-16-18(11)12/h2,4,6,8,10H,3,5,7H2,1H3/t8?,10-/m0/s1. The van der Waals surface area contributed by atoms with Gasteiger partial charge in [0.05, 0.1) is 12.7 Å². The Kier molecular flexibility index (Phi) is 2.86. The lowest BCUT2D eigenvalue weighted by Crippen LogP contribution is -2.41. The van der Waals surface area contributed by atoms with E-state index in [0.717, 1.165) is 18.8 Å². The monoisotopic (exact) mass is 268 g/mol. The number of hydrogen-bond acceptors (Lipinski definition) is 3. The summed E-state index contributed by atoms with van der Waals surface area (Å²) in [6.07, 6.45) is 3.30. The van der Waals surface area contributed by atoms with E-state index in [1.54, 1.807) is 16.9 Å². The second kappa shape index (κ2) is 4.39. The van der Waals surface area contributed by atoms with Crippen LogP contribution in [0.2, 0.25) is 5.02 Å². The molecular formula is C12H14ClFN4. The first-order valence-electron chi connectivity index (χ1n) is 6.04. The van der Waals surface area contributed by atoms with Gasteiger partial charge in [-0.1, -0.05) is 18.5 Å². The number of rotatable bonds is 1. The van der Waals surface area contributed by atoms with E-state index in [9.17, 15) is 4.39 Å². The highest BCUT2D eigenvalue weighted by atomic mass is 35.5. The fraction of sp³-hybridized carbons (Fsp3) is 0.500. The molecule has 18 heavy (non-hydrogen) atoms. The molecule has 0 aliphatic carbocycles. The van der Waals surface area contributed by atoms with E-state index >= 15 is 0 Å². The zero-order chi connectivity index (χ0) is 12.7. The van der Waals surface area contributed by atoms with Crippen LogP contribution in [0.4, 0.5) is 10.2 Å². The van der Waals surface area contributed by atoms with Gasteiger partial charge in [0.1, 0.15) is 17.0 Å². The zero-order valence-corrected chi connectivity index (χ0v) is 10.8. The molecule has 1 fully saturated rings. The van der Waals surface area contributed by atoms with E-state index in [0.29, 0.717) is 17.2 Å². The highest BCUT2D eigenvalue weighted by Crippen LogP contribution is 2.26. The van der Waals surface area contributed by atoms with E-state index in [1.165, 1.54) is 0 Å². The molecule has 96 valence electrons. The number of nitrogens with zero attached hydrogens (tertiary/aromatic N) is 4. The summed E-state index contributed by atoms with van der Waals surface area (Å²) in [5.41, 5.74) is 0.614. The van der Waals surface area contributed by atoms with Crippen molar-refractivity contribution in [3.05, 3.63) is 23.5 Å². The third-order valence-corrected chi connectivity index (χ3v) is 3.80. The van der Waals surface area contributed by atoms with Gasteiger partial charge in [-0.15, -0.1) is 0 Å². The maximum atomic E-state index is 13.8. The van der Waals surface area contributed by atoms with Crippen molar-refractivity contribution in [2.75, 3.05) is 18.0 Å². The predicted octanol–water partition coefficient (Wildman–Crippen LogP) is 2.57. The van der Waals surface area contributed by atoms with Gasteiger partial charge < -0.3 is 4.90 Å². The van der Waals surface area contributed by atoms with Crippen LogP contribution < -0.4 is 4.90 Å². The second-order valence-electron chi connectivity index (χ2n) is 4.76. The summed E-state index contributed by atoms with van der Waals surface area (Å²) in [5, 5.41) is 4.71. The van der Waals surface area contributed by atoms with E-state index in [4.69, 9.17) is 11.6 Å². The van der Waals surface area contributed by atoms with Crippen LogP contribution in [-0.2, 0) is 0 Å². The lowest BCUT2D eigenvalue weighted by atomic mass is 9.97. The molecule has 6 heteroatoms. The third-order valence-electron chi connectivity index (χ3n) is 3.53. The molecule has 1 unspecified atom stereocenters. The smallest absolute Gasteiger partial charge is 0.176 e. The van der Waals surface area contributed by atoms with Crippen LogP contribution in [-0.4, -0.2) is 33.9 Å². The average molecular weight is 269 g/mol. The van der Waals surface area contributed by atoms with Gasteiger partial charge in [-0.2, -0.15) is 9.61 Å². The van der Waals surface area contributed by atoms with Gasteiger partial charge in [0, 0.05) is 12.7 Å². The Hall–Kier alpha value is -1.36. The van der Waals surface area contributed by atoms with Crippen LogP contribution in [0.1, 0.15) is 13.3 Å². The molecule has 3 rings (SSSR count). The molecule has 1 saturated heterocycles. The summed E-state index contributed by atoms with van der Waals surface area (Å²) < 4.78 is 15.5. The summed E-state index contributed by atoms with van der Waals surface area (Å²) >= 11 is 6.00. The van der Waals surface area contributed by atoms with E-state index in [-0.39, 0.29) is 5.92 Å². The van der Waals surface area contributed by atoms with Gasteiger partial charge in [0.25, 0.3) is 0 Å². The first kappa shape index (κ1) is 11.7. The molecule has 2 atom stereocenters. The Morgan fingerprint density at radius 2 is 2.33 bits per heavy atom. The number of hydrogen-bond donors (Lipinski definition) is 0. The first-order chi connectivity index (χ1) is 8.66. The van der Waals surface area contributed by atoms with Crippen LogP contribution in [0.5, 0.6) is 0 Å². The molecule has 2 aromatic rings. The van der Waals surface area contributed by atoms with E-state index in [1.807, 2.05) is 17.9 Å². The van der Waals surface area contributed by atoms with Gasteiger partial charge >= 0.3 is 0 Å². The molecule has 0 saturated carbocycles. The molecule has 0 spiro atoms. The first-order valence-corrected chi connectivity index (χ1v) is 6.42. The van der Waals surface area contributed by atoms with Crippen LogP contribution in [0.3, 0.4) is 0 Å². The summed E-state index contributed by atoms with van der Waals surface area (Å²) in [4.78, 5) is 6.18. The Balaban J connectivity index is 1.99. The summed E-state index contributed by atoms with van der Waals surface area (Å²) in [6, 6.07) is 1.85. The Morgan fingerprint density at radius 1 is 1.50 bits per heavy atom. The minimum atomic E-state index is -0.798. The molecule has 1 aliphatic rings. The molecule has 2 aromatic heterocycles. The van der Waals surface area contributed by atoms with Crippen LogP contribution >= 0.6 is 11.6 Å². The van der Waals surface area contributed by atoms with Crippen LogP contribution in [0.25, 0.3) is 5.65 Å². The SMILES string of the molecule is CC1CCN(c2ccnc3c(Cl)cnn23)C[C@@H]1F. The molecule has 0 N–H and O–H groups in total. The molecule has 0 bridgehead atoms. The second-order valence-corrected chi connectivity index (χ2v) is 5.17. The normalized spacial score (nSPS) is 24.7. The van der Waals surface area contributed by atoms with Gasteiger partial charge in [-0.05, 0) is 18.4 Å². The van der Waals surface area contributed by atoms with Crippen molar-refractivity contribution in [3.63, 3.8) is 0 Å². The van der Waals surface area contributed by atoms with Crippen molar-refractivity contribution in [2.24, 2.45) is 5.92 Å². The highest BCUT2D eigenvalue weighted by Gasteiger charge is 2.27. The fourth-order valence-corrected chi connectivity index (χ4v) is 2.49. The minimum Gasteiger partial charge on any atom is -0.354 e. The molecule has 4 nitrogen and oxygen atoms in total. The number of aromatic nitrogens is 3. The van der Waals surface area contributed by atoms with Crippen LogP contribution in [0, 0.1) is 5.92 Å². The number of alkyl halides is 1. The topological polar surface area (TPSA) is 33.4 Å². The van der Waals surface area contributed by atoms with Crippen molar-refractivity contribution in [1.29, 1.82) is 0 Å². The molecule has 3 heterocycles. The summed E-state index contributed by atoms with van der Waals surface area (Å²) in [7, 11) is 0. The maximum Gasteiger partial charge on any atom is 0.176 e. The van der Waals surface area contributed by atoms with Crippen molar-refractivity contribution in [2.45, 2.75) is 19.5 Å². The molecule has 0 radical (unpaired) electrons. The lowest BCUT2D eigenvalue weighted by Gasteiger charge is -2.34. The molecule has 1 aliphatic heterocycles. The third kappa shape index (κ3) is 1.82. The van der Waals surface area contributed by atoms with Gasteiger partial charge in [0.15, 0.2) is 5.65 Å². The Bertz CT molecular complexity index is 570. The van der Waals surface area contributed by atoms with Crippen molar-refractivity contribution in [3.8, 4) is 0 Å². The predicted molar refractivity (Wildman–Crippen MR) is 68.9 cm³/mol. The van der Waals surface area contributed by atoms with Crippen molar-refractivity contribution >= 4 is 23.1 Å². The van der Waals surface area contributed by atoms with Gasteiger partial charge in [-0.3, -0.25) is 0 Å². The molecular weight excluding hydrogens is 255 g/mol. The molecule has 0 aromatic carbocycles. The maximum absolute atomic E-state index is 13.8. The van der Waals surface area contributed by atoms with Crippen LogP contribution in [0.15, 0.2) is 18.5 Å². The number of piperidine rings is 1. The minimum absolute atomic E-state index is 0.125. The Morgan fingerprint density at radius 3 is 3.11 bits per heavy atom. The largest absolute Gasteiger partial charge is 0.354 e. The summed E-state index contributed by atoms with van der Waals surface area (Å²) in [6.45, 7) is 3.19. The van der Waals surface area contributed by atoms with E-state index in [2.05, 4.69) is 10.1 Å². The lowest BCUT2D eigenvalue weighted by molar-refractivity contribution is 0.210. The van der Waals surface area contributed by atoms with E-state index < -0.39 is 6.17 Å². The zero-order valence-electron chi connectivity index (χ0n) is 10.1. The summed E-state index contributed by atoms with van der Waals surface area (Å²) in [5.74, 6) is 0.973. The highest BCUT2D eigenvalue weighted by molar-refractivity contribution is 6.33. The van der Waals surface area contributed by atoms with Crippen molar-refractivity contribution in [1.82, 2.24) is 14.6 Å². The number of halogens is 2. The quantitative estimate of drug-likeness (QED) is 0.797. The number of anilines is 1. The molecule has 0 amide bonds. The average Bonchev–Trinajstić information content (AvgIpc) is 2.75. The fourth-order valence-electron chi connectivity index (χ4n) is 2.32. The van der Waals surface area contributed by atoms with Gasteiger partial charge in [-0.25, -0.2) is 9.37 Å². The number of fused-ring (bicyclic) bond motifs is 1. The van der Waals surface area contributed by atoms with Gasteiger partial charge in [0.2, 0.25) is 0 Å². The van der Waals surface area contributed by atoms with Crippen molar-refractivity contribution < 1.29 is 4.39 Å². The Labute approximate surface area is 109 Å².